The molecule has 0 bridgehead atoms. The maximum Gasteiger partial charge on any atom is 0.159 e. The van der Waals surface area contributed by atoms with Gasteiger partial charge in [0.25, 0.3) is 0 Å². The Morgan fingerprint density at radius 3 is 2.35 bits per heavy atom. The van der Waals surface area contributed by atoms with Crippen LogP contribution in [-0.2, 0) is 0 Å². The quantitative estimate of drug-likeness (QED) is 0.626. The molecule has 0 atom stereocenters. The van der Waals surface area contributed by atoms with Gasteiger partial charge in [0.1, 0.15) is 0 Å². The number of nitrogens with zero attached hydrogens (tertiary/aromatic N) is 2. The van der Waals surface area contributed by atoms with E-state index in [1.54, 1.807) is 12.4 Å². The van der Waals surface area contributed by atoms with Gasteiger partial charge in [0.2, 0.25) is 0 Å². The smallest absolute Gasteiger partial charge is 0.159 e. The summed E-state index contributed by atoms with van der Waals surface area (Å²) < 4.78 is 0. The first-order valence-corrected chi connectivity index (χ1v) is 5.61. The molecule has 0 aliphatic heterocycles. The lowest BCUT2D eigenvalue weighted by atomic mass is 10.0. The van der Waals surface area contributed by atoms with Crippen LogP contribution in [0, 0.1) is 6.92 Å². The van der Waals surface area contributed by atoms with Crippen molar-refractivity contribution in [3.05, 3.63) is 60.4 Å². The third-order valence-electron chi connectivity index (χ3n) is 2.82. The molecule has 3 aromatic rings. The molecule has 0 aliphatic rings. The number of hydrogen-bond donors (Lipinski definition) is 0. The van der Waals surface area contributed by atoms with Crippen LogP contribution in [0.1, 0.15) is 5.56 Å². The number of rotatable bonds is 1. The Labute approximate surface area is 100.0 Å². The molecule has 0 saturated carbocycles. The Hall–Kier alpha value is -2.22. The Kier molecular flexibility index (Phi) is 2.33. The third kappa shape index (κ3) is 1.89. The molecular formula is C15H12N2. The average Bonchev–Trinajstić information content (AvgIpc) is 2.39. The molecule has 0 radical (unpaired) electrons. The molecule has 1 heterocycles. The van der Waals surface area contributed by atoms with Crippen molar-refractivity contribution in [3.8, 4) is 11.4 Å². The standard InChI is InChI=1S/C15H12N2/c1-11-3-4-13-10-14(6-5-12(13)9-11)15-16-7-2-8-17-15/h2-10H,1H3. The molecule has 2 heteroatoms. The van der Waals surface area contributed by atoms with Gasteiger partial charge < -0.3 is 0 Å². The van der Waals surface area contributed by atoms with Crippen LogP contribution in [-0.4, -0.2) is 9.97 Å². The summed E-state index contributed by atoms with van der Waals surface area (Å²) in [6, 6.07) is 14.6. The molecule has 0 aliphatic carbocycles. The van der Waals surface area contributed by atoms with Crippen molar-refractivity contribution >= 4 is 10.8 Å². The normalized spacial score (nSPS) is 10.6. The molecule has 17 heavy (non-hydrogen) atoms. The van der Waals surface area contributed by atoms with Gasteiger partial charge >= 0.3 is 0 Å². The number of hydrogen-bond acceptors (Lipinski definition) is 2. The first-order chi connectivity index (χ1) is 8.33. The zero-order valence-corrected chi connectivity index (χ0v) is 9.59. The highest BCUT2D eigenvalue weighted by atomic mass is 14.8. The van der Waals surface area contributed by atoms with E-state index >= 15 is 0 Å². The van der Waals surface area contributed by atoms with Crippen LogP contribution in [0.3, 0.4) is 0 Å². The lowest BCUT2D eigenvalue weighted by Crippen LogP contribution is -1.86. The van der Waals surface area contributed by atoms with Crippen LogP contribution < -0.4 is 0 Å². The van der Waals surface area contributed by atoms with E-state index in [4.69, 9.17) is 0 Å². The van der Waals surface area contributed by atoms with Crippen LogP contribution in [0.15, 0.2) is 54.9 Å². The molecule has 3 rings (SSSR count). The van der Waals surface area contributed by atoms with E-state index in [-0.39, 0.29) is 0 Å². The molecule has 0 fully saturated rings. The van der Waals surface area contributed by atoms with Crippen LogP contribution in [0.4, 0.5) is 0 Å². The fourth-order valence-electron chi connectivity index (χ4n) is 1.95. The van der Waals surface area contributed by atoms with E-state index in [1.807, 2.05) is 6.07 Å². The van der Waals surface area contributed by atoms with Crippen molar-refractivity contribution < 1.29 is 0 Å². The van der Waals surface area contributed by atoms with Crippen molar-refractivity contribution in [2.75, 3.05) is 0 Å². The van der Waals surface area contributed by atoms with Gasteiger partial charge in [-0.3, -0.25) is 0 Å². The molecule has 0 unspecified atom stereocenters. The Bertz CT molecular complexity index is 660. The predicted molar refractivity (Wildman–Crippen MR) is 69.7 cm³/mol. The highest BCUT2D eigenvalue weighted by Crippen LogP contribution is 2.22. The van der Waals surface area contributed by atoms with Crippen molar-refractivity contribution in [2.24, 2.45) is 0 Å². The highest BCUT2D eigenvalue weighted by molar-refractivity contribution is 5.86. The minimum absolute atomic E-state index is 0.773. The van der Waals surface area contributed by atoms with Crippen molar-refractivity contribution in [1.29, 1.82) is 0 Å². The topological polar surface area (TPSA) is 25.8 Å². The number of benzene rings is 2. The maximum atomic E-state index is 4.26. The van der Waals surface area contributed by atoms with Crippen molar-refractivity contribution in [3.63, 3.8) is 0 Å². The van der Waals surface area contributed by atoms with Gasteiger partial charge in [-0.1, -0.05) is 35.9 Å². The second-order valence-electron chi connectivity index (χ2n) is 4.14. The van der Waals surface area contributed by atoms with Crippen molar-refractivity contribution in [1.82, 2.24) is 9.97 Å². The highest BCUT2D eigenvalue weighted by Gasteiger charge is 2.01. The van der Waals surface area contributed by atoms with Gasteiger partial charge in [-0.2, -0.15) is 0 Å². The molecule has 1 aromatic heterocycles. The Morgan fingerprint density at radius 2 is 1.53 bits per heavy atom. The predicted octanol–water partition coefficient (Wildman–Crippen LogP) is 3.61. The second-order valence-corrected chi connectivity index (χ2v) is 4.14. The zero-order valence-electron chi connectivity index (χ0n) is 9.59. The molecule has 2 aromatic carbocycles. The Balaban J connectivity index is 2.17. The van der Waals surface area contributed by atoms with Crippen LogP contribution in [0.25, 0.3) is 22.2 Å². The van der Waals surface area contributed by atoms with Gasteiger partial charge in [-0.05, 0) is 29.8 Å². The van der Waals surface area contributed by atoms with E-state index in [0.717, 1.165) is 11.4 Å². The summed E-state index contributed by atoms with van der Waals surface area (Å²) in [6.45, 7) is 2.10. The molecule has 0 amide bonds. The van der Waals surface area contributed by atoms with E-state index in [2.05, 4.69) is 53.3 Å². The first-order valence-electron chi connectivity index (χ1n) is 5.61. The fraction of sp³-hybridized carbons (Fsp3) is 0.0667. The molecule has 0 N–H and O–H groups in total. The Morgan fingerprint density at radius 1 is 0.824 bits per heavy atom. The van der Waals surface area contributed by atoms with Crippen LogP contribution >= 0.6 is 0 Å². The lowest BCUT2D eigenvalue weighted by molar-refractivity contribution is 1.18. The zero-order chi connectivity index (χ0) is 11.7. The largest absolute Gasteiger partial charge is 0.237 e. The number of aromatic nitrogens is 2. The van der Waals surface area contributed by atoms with Gasteiger partial charge in [0.05, 0.1) is 0 Å². The molecule has 2 nitrogen and oxygen atoms in total. The summed E-state index contributed by atoms with van der Waals surface area (Å²) in [7, 11) is 0. The van der Waals surface area contributed by atoms with Crippen LogP contribution in [0.2, 0.25) is 0 Å². The number of fused-ring (bicyclic) bond motifs is 1. The minimum atomic E-state index is 0.773. The second kappa shape index (κ2) is 3.98. The van der Waals surface area contributed by atoms with Crippen LogP contribution in [0.5, 0.6) is 0 Å². The monoisotopic (exact) mass is 220 g/mol. The summed E-state index contributed by atoms with van der Waals surface area (Å²) in [6.07, 6.45) is 3.53. The fourth-order valence-corrected chi connectivity index (χ4v) is 1.95. The van der Waals surface area contributed by atoms with Gasteiger partial charge in [0, 0.05) is 18.0 Å². The number of aryl methyl sites for hydroxylation is 1. The average molecular weight is 220 g/mol. The first kappa shape index (κ1) is 9.97. The third-order valence-corrected chi connectivity index (χ3v) is 2.82. The molecular weight excluding hydrogens is 208 g/mol. The van der Waals surface area contributed by atoms with E-state index in [1.165, 1.54) is 16.3 Å². The van der Waals surface area contributed by atoms with E-state index in [9.17, 15) is 0 Å². The summed E-state index contributed by atoms with van der Waals surface area (Å²) in [5, 5.41) is 2.48. The summed E-state index contributed by atoms with van der Waals surface area (Å²) >= 11 is 0. The lowest BCUT2D eigenvalue weighted by Gasteiger charge is -2.03. The molecule has 0 saturated heterocycles. The van der Waals surface area contributed by atoms with Gasteiger partial charge in [-0.15, -0.1) is 0 Å². The summed E-state index contributed by atoms with van der Waals surface area (Å²) in [4.78, 5) is 8.52. The summed E-state index contributed by atoms with van der Waals surface area (Å²) in [5.74, 6) is 0.773. The van der Waals surface area contributed by atoms with E-state index < -0.39 is 0 Å². The maximum absolute atomic E-state index is 4.26. The summed E-state index contributed by atoms with van der Waals surface area (Å²) in [5.41, 5.74) is 2.34. The minimum Gasteiger partial charge on any atom is -0.237 e. The molecule has 82 valence electrons. The molecule has 0 spiro atoms. The van der Waals surface area contributed by atoms with Gasteiger partial charge in [-0.25, -0.2) is 9.97 Å². The SMILES string of the molecule is Cc1ccc2cc(-c3ncccn3)ccc2c1. The van der Waals surface area contributed by atoms with E-state index in [0.29, 0.717) is 0 Å². The van der Waals surface area contributed by atoms with Crippen molar-refractivity contribution in [2.45, 2.75) is 6.92 Å². The van der Waals surface area contributed by atoms with Gasteiger partial charge in [0.15, 0.2) is 5.82 Å².